The number of carbonyl (C=O) groups is 3. The van der Waals surface area contributed by atoms with E-state index in [-0.39, 0.29) is 12.3 Å². The van der Waals surface area contributed by atoms with Crippen molar-refractivity contribution in [3.05, 3.63) is 24.3 Å². The fourth-order valence-corrected chi connectivity index (χ4v) is 10.1. The number of carbonyl (C=O) groups excluding carboxylic acids is 2. The summed E-state index contributed by atoms with van der Waals surface area (Å²) in [5.74, 6) is -6.16. The van der Waals surface area contributed by atoms with Crippen LogP contribution in [0.4, 0.5) is 0 Å². The van der Waals surface area contributed by atoms with E-state index >= 15 is 0 Å². The molecule has 0 bridgehead atoms. The molecule has 0 spiro atoms. The molecule has 0 aliphatic carbocycles. The van der Waals surface area contributed by atoms with Gasteiger partial charge >= 0.3 is 5.97 Å². The van der Waals surface area contributed by atoms with Gasteiger partial charge in [-0.2, -0.15) is 0 Å². The zero-order chi connectivity index (χ0) is 58.3. The number of aliphatic carboxylic acids is 1. The Kier molecular flexibility index (Phi) is 34.7. The summed E-state index contributed by atoms with van der Waals surface area (Å²) in [4.78, 5) is 38.3. The predicted octanol–water partition coefficient (Wildman–Crippen LogP) is 1.77. The molecule has 14 N–H and O–H groups in total. The molecule has 3 heterocycles. The number of carboxylic acids is 1. The fourth-order valence-electron chi connectivity index (χ4n) is 10.1. The third kappa shape index (κ3) is 23.8. The van der Waals surface area contributed by atoms with Gasteiger partial charge in [-0.1, -0.05) is 134 Å². The molecule has 3 aliphatic heterocycles. The third-order valence-corrected chi connectivity index (χ3v) is 14.9. The Morgan fingerprint density at radius 1 is 0.658 bits per heavy atom. The lowest BCUT2D eigenvalue weighted by atomic mass is 9.88. The van der Waals surface area contributed by atoms with E-state index in [1.807, 2.05) is 6.08 Å². The van der Waals surface area contributed by atoms with Crippen LogP contribution >= 0.6 is 0 Å². The average Bonchev–Trinajstić information content (AvgIpc) is 3.45. The molecule has 79 heavy (non-hydrogen) atoms. The van der Waals surface area contributed by atoms with Crippen molar-refractivity contribution in [3.63, 3.8) is 0 Å². The van der Waals surface area contributed by atoms with Crippen LogP contribution in [0.1, 0.15) is 175 Å². The van der Waals surface area contributed by atoms with Crippen molar-refractivity contribution < 1.29 is 104 Å². The molecule has 3 aliphatic rings. The molecule has 460 valence electrons. The predicted molar refractivity (Wildman–Crippen MR) is 288 cm³/mol. The fraction of sp³-hybridized carbons (Fsp3) is 0.875. The first-order chi connectivity index (χ1) is 37.9. The second-order valence-electron chi connectivity index (χ2n) is 21.5. The number of ether oxygens (including phenoxy) is 6. The maximum absolute atomic E-state index is 13.3. The minimum Gasteiger partial charge on any atom is -0.477 e. The first-order valence-electron chi connectivity index (χ1n) is 29.2. The number of hydrogen-bond donors (Lipinski definition) is 14. The summed E-state index contributed by atoms with van der Waals surface area (Å²) in [7, 11) is 0. The molecule has 3 fully saturated rings. The lowest BCUT2D eigenvalue weighted by molar-refractivity contribution is -0.386. The highest BCUT2D eigenvalue weighted by Crippen LogP contribution is 2.38. The Morgan fingerprint density at radius 2 is 1.19 bits per heavy atom. The number of amides is 2. The molecule has 18 unspecified atom stereocenters. The second kappa shape index (κ2) is 38.9. The van der Waals surface area contributed by atoms with E-state index in [4.69, 9.17) is 28.4 Å². The SMILES string of the molecule is CCCCC/C=C\CCCCCCCC(=O)NC(COC1OC(CO)C(OC2OC(CO)C(O)C(OC3(C(=O)O)CC(O)C(NC(C)=O)C(C(O)C(O)CO)O3)C2O)C(O)C1O)C(O)/C=C/CCCCCCCCCCCCC. The first-order valence-corrected chi connectivity index (χ1v) is 29.2. The summed E-state index contributed by atoms with van der Waals surface area (Å²) >= 11 is 0. The number of rotatable bonds is 41. The number of nitrogens with one attached hydrogen (secondary N) is 2. The van der Waals surface area contributed by atoms with Gasteiger partial charge in [0.1, 0.15) is 67.1 Å². The topological polar surface area (TPSA) is 373 Å². The van der Waals surface area contributed by atoms with Crippen LogP contribution in [0.15, 0.2) is 24.3 Å². The molecule has 23 nitrogen and oxygen atoms in total. The molecule has 0 aromatic rings. The minimum absolute atomic E-state index is 0.189. The zero-order valence-electron chi connectivity index (χ0n) is 47.0. The van der Waals surface area contributed by atoms with E-state index < -0.39 is 155 Å². The molecule has 2 amide bonds. The van der Waals surface area contributed by atoms with E-state index in [0.717, 1.165) is 64.7 Å². The highest BCUT2D eigenvalue weighted by molar-refractivity contribution is 5.77. The van der Waals surface area contributed by atoms with E-state index in [2.05, 4.69) is 36.6 Å². The standard InChI is InChI=1S/C56H100N2O21/c1-4-6-8-10-12-14-16-18-19-21-23-25-27-29-38(63)37(58-43(66)30-28-26-24-22-20-17-15-13-11-9-7-5-2)35-74-53-48(70)47(69)50(42(34-61)76-53)77-54-49(71)52(46(68)41(33-60)75-54)79-56(55(72)73)31-39(64)44(57-36(3)62)51(78-56)45(67)40(65)32-59/h13,15,27,29,37-42,44-54,59-61,63-65,67-71H,4-12,14,16-26,28,30-35H2,1-3H3,(H,57,62)(H,58,66)(H,72,73)/b15-13-,29-27+. The van der Waals surface area contributed by atoms with Crippen LogP contribution in [0.3, 0.4) is 0 Å². The number of aliphatic hydroxyl groups is 11. The zero-order valence-corrected chi connectivity index (χ0v) is 47.0. The van der Waals surface area contributed by atoms with Crippen LogP contribution in [0, 0.1) is 0 Å². The number of unbranched alkanes of at least 4 members (excludes halogenated alkanes) is 19. The molecule has 3 rings (SSSR count). The number of hydrogen-bond acceptors (Lipinski definition) is 20. The highest BCUT2D eigenvalue weighted by Gasteiger charge is 2.60. The Morgan fingerprint density at radius 3 is 1.75 bits per heavy atom. The van der Waals surface area contributed by atoms with Crippen molar-refractivity contribution >= 4 is 17.8 Å². The Hall–Kier alpha value is -2.79. The number of allylic oxidation sites excluding steroid dienone is 3. The van der Waals surface area contributed by atoms with Crippen molar-refractivity contribution in [2.24, 2.45) is 0 Å². The summed E-state index contributed by atoms with van der Waals surface area (Å²) in [5, 5.41) is 135. The maximum atomic E-state index is 13.3. The summed E-state index contributed by atoms with van der Waals surface area (Å²) in [5.41, 5.74) is 0. The molecule has 23 heteroatoms. The molecule has 0 aromatic carbocycles. The van der Waals surface area contributed by atoms with Gasteiger partial charge in [-0.05, 0) is 44.9 Å². The van der Waals surface area contributed by atoms with E-state index in [1.54, 1.807) is 6.08 Å². The van der Waals surface area contributed by atoms with Gasteiger partial charge in [0, 0.05) is 19.8 Å². The van der Waals surface area contributed by atoms with Crippen molar-refractivity contribution in [3.8, 4) is 0 Å². The first kappa shape index (κ1) is 70.5. The summed E-state index contributed by atoms with van der Waals surface area (Å²) in [6.45, 7) is 2.03. The quantitative estimate of drug-likeness (QED) is 0.0306. The van der Waals surface area contributed by atoms with Crippen molar-refractivity contribution in [1.82, 2.24) is 10.6 Å². The van der Waals surface area contributed by atoms with Crippen LogP contribution < -0.4 is 10.6 Å². The highest BCUT2D eigenvalue weighted by atomic mass is 16.8. The monoisotopic (exact) mass is 1140 g/mol. The molecular formula is C56H100N2O21. The Labute approximate surface area is 466 Å². The number of carboxylic acid groups (broad SMARTS) is 1. The summed E-state index contributed by atoms with van der Waals surface area (Å²) in [6.07, 6.45) is 2.61. The summed E-state index contributed by atoms with van der Waals surface area (Å²) in [6, 6.07) is -2.62. The average molecular weight is 1140 g/mol. The van der Waals surface area contributed by atoms with Gasteiger partial charge in [-0.3, -0.25) is 9.59 Å². The molecule has 18 atom stereocenters. The molecule has 0 radical (unpaired) electrons. The van der Waals surface area contributed by atoms with E-state index in [9.17, 15) is 75.7 Å². The van der Waals surface area contributed by atoms with Gasteiger partial charge in [-0.15, -0.1) is 0 Å². The van der Waals surface area contributed by atoms with Crippen molar-refractivity contribution in [2.75, 3.05) is 26.4 Å². The Balaban J connectivity index is 1.70. The molecular weight excluding hydrogens is 1040 g/mol. The van der Waals surface area contributed by atoms with Crippen LogP contribution in [-0.4, -0.2) is 215 Å². The normalized spacial score (nSPS) is 31.0. The van der Waals surface area contributed by atoms with Crippen LogP contribution in [0.25, 0.3) is 0 Å². The molecule has 0 saturated carbocycles. The largest absolute Gasteiger partial charge is 0.477 e. The van der Waals surface area contributed by atoms with Gasteiger partial charge < -0.3 is 100 Å². The molecule has 0 aromatic heterocycles. The smallest absolute Gasteiger partial charge is 0.364 e. The Bertz CT molecular complexity index is 1730. The van der Waals surface area contributed by atoms with Gasteiger partial charge in [0.15, 0.2) is 12.6 Å². The molecule has 3 saturated heterocycles. The van der Waals surface area contributed by atoms with E-state index in [0.29, 0.717) is 12.8 Å². The van der Waals surface area contributed by atoms with Crippen molar-refractivity contribution in [2.45, 2.75) is 285 Å². The lowest BCUT2D eigenvalue weighted by Gasteiger charge is -2.50. The van der Waals surface area contributed by atoms with E-state index in [1.165, 1.54) is 70.6 Å². The van der Waals surface area contributed by atoms with Crippen LogP contribution in [0.2, 0.25) is 0 Å². The number of aliphatic hydroxyl groups excluding tert-OH is 11. The minimum atomic E-state index is -3.08. The second-order valence-corrected chi connectivity index (χ2v) is 21.5. The summed E-state index contributed by atoms with van der Waals surface area (Å²) < 4.78 is 34.6. The van der Waals surface area contributed by atoms with Crippen molar-refractivity contribution in [1.29, 1.82) is 0 Å². The van der Waals surface area contributed by atoms with Crippen LogP contribution in [0.5, 0.6) is 0 Å². The van der Waals surface area contributed by atoms with Gasteiger partial charge in [0.05, 0.1) is 50.7 Å². The van der Waals surface area contributed by atoms with Crippen LogP contribution in [-0.2, 0) is 42.8 Å². The van der Waals surface area contributed by atoms with Gasteiger partial charge in [0.2, 0.25) is 11.8 Å². The van der Waals surface area contributed by atoms with Gasteiger partial charge in [0.25, 0.3) is 5.79 Å². The lowest BCUT2D eigenvalue weighted by Crippen LogP contribution is -2.70. The maximum Gasteiger partial charge on any atom is 0.364 e. The third-order valence-electron chi connectivity index (χ3n) is 14.9. The van der Waals surface area contributed by atoms with Gasteiger partial charge in [-0.25, -0.2) is 4.79 Å².